The molecule has 2 aliphatic heterocycles. The predicted octanol–water partition coefficient (Wildman–Crippen LogP) is 15.6. The normalized spacial score (nSPS) is 15.6. The van der Waals surface area contributed by atoms with Gasteiger partial charge in [0.25, 0.3) is 0 Å². The Labute approximate surface area is 434 Å². The number of benzene rings is 9. The van der Waals surface area contributed by atoms with Gasteiger partial charge in [-0.25, -0.2) is 19.9 Å². The molecule has 0 amide bonds. The number of oxazole rings is 4. The van der Waals surface area contributed by atoms with Crippen molar-refractivity contribution < 1.29 is 17.7 Å². The Morgan fingerprint density at radius 2 is 0.553 bits per heavy atom. The molecule has 0 radical (unpaired) electrons. The molecule has 12 heteroatoms. The number of hydrazone groups is 2. The molecular formula is C64H42N8O4. The lowest BCUT2D eigenvalue weighted by molar-refractivity contribution is 0.619. The molecule has 13 aromatic rings. The Morgan fingerprint density at radius 1 is 0.289 bits per heavy atom. The molecule has 0 N–H and O–H groups in total. The molecule has 362 valence electrons. The second-order valence-electron chi connectivity index (χ2n) is 19.1. The minimum Gasteiger partial charge on any atom is -0.436 e. The van der Waals surface area contributed by atoms with Crippen LogP contribution >= 0.6 is 0 Å². The van der Waals surface area contributed by atoms with Gasteiger partial charge in [-0.1, -0.05) is 97.1 Å². The highest BCUT2D eigenvalue weighted by molar-refractivity contribution is 6.06. The van der Waals surface area contributed by atoms with E-state index in [1.54, 1.807) is 0 Å². The molecule has 76 heavy (non-hydrogen) atoms. The van der Waals surface area contributed by atoms with Crippen molar-refractivity contribution in [3.8, 4) is 45.8 Å². The number of para-hydroxylation sites is 8. The maximum absolute atomic E-state index is 6.13. The molecule has 0 spiro atoms. The maximum Gasteiger partial charge on any atom is 0.227 e. The SMILES string of the molecule is c1ccc2oc(-c3ccc(C4CC(c5ccc(C6=NN(c7ccc(-c8nc9ccccc9o8)cc7)C(c7ccc(-c8nc9ccccc9o8)cc7)C6)cc5)=NN4c4ccc(-c5nc6ccccc6o5)cc4)cc3)nc2c1. The Kier molecular flexibility index (Phi) is 10.2. The molecule has 0 aliphatic carbocycles. The van der Waals surface area contributed by atoms with Crippen LogP contribution in [0.15, 0.2) is 246 Å². The van der Waals surface area contributed by atoms with Crippen molar-refractivity contribution in [1.29, 1.82) is 0 Å². The van der Waals surface area contributed by atoms with E-state index in [0.717, 1.165) is 112 Å². The van der Waals surface area contributed by atoms with Gasteiger partial charge in [-0.3, -0.25) is 10.0 Å². The number of fused-ring (bicyclic) bond motifs is 4. The smallest absolute Gasteiger partial charge is 0.227 e. The highest BCUT2D eigenvalue weighted by Crippen LogP contribution is 2.41. The van der Waals surface area contributed by atoms with E-state index in [2.05, 4.69) is 107 Å². The minimum atomic E-state index is -0.0842. The lowest BCUT2D eigenvalue weighted by atomic mass is 9.94. The van der Waals surface area contributed by atoms with Crippen LogP contribution in [0, 0.1) is 0 Å². The fourth-order valence-electron chi connectivity index (χ4n) is 10.4. The molecule has 0 saturated heterocycles. The van der Waals surface area contributed by atoms with E-state index in [4.69, 9.17) is 47.8 Å². The third-order valence-electron chi connectivity index (χ3n) is 14.4. The fraction of sp³-hybridized carbons (Fsp3) is 0.0625. The number of aromatic nitrogens is 4. The summed E-state index contributed by atoms with van der Waals surface area (Å²) in [5.41, 5.74) is 18.1. The van der Waals surface area contributed by atoms with Gasteiger partial charge in [0.15, 0.2) is 22.3 Å². The second-order valence-corrected chi connectivity index (χ2v) is 19.1. The lowest BCUT2D eigenvalue weighted by Gasteiger charge is -2.24. The standard InChI is InChI=1S/C64H42N8O4/c1-5-13-57-49(9-1)65-61(73-57)43-25-21-41(22-26-43)55-37-53(69-71(55)47-33-29-45(30-34-47)63-67-51-11-3-7-15-59(51)75-63)39-17-19-40(20-18-39)54-38-56(42-23-27-44(28-24-42)62-66-50-10-2-6-14-58(50)74-62)72(70-54)48-35-31-46(32-36-48)64-68-52-12-4-8-16-60(52)76-64/h1-36,55-56H,37-38H2. The van der Waals surface area contributed by atoms with Crippen molar-refractivity contribution in [2.24, 2.45) is 10.2 Å². The van der Waals surface area contributed by atoms with E-state index in [9.17, 15) is 0 Å². The van der Waals surface area contributed by atoms with E-state index in [1.807, 2.05) is 121 Å². The summed E-state index contributed by atoms with van der Waals surface area (Å²) in [6, 6.07) is 73.3. The van der Waals surface area contributed by atoms with Gasteiger partial charge in [0.05, 0.1) is 34.9 Å². The minimum absolute atomic E-state index is 0.0842. The van der Waals surface area contributed by atoms with Crippen LogP contribution in [-0.4, -0.2) is 31.4 Å². The monoisotopic (exact) mass is 986 g/mol. The summed E-state index contributed by atoms with van der Waals surface area (Å²) >= 11 is 0. The number of nitrogens with zero attached hydrogens (tertiary/aromatic N) is 8. The Bertz CT molecular complexity index is 3950. The Hall–Kier alpha value is -10.2. The molecule has 2 unspecified atom stereocenters. The Balaban J connectivity index is 0.739. The van der Waals surface area contributed by atoms with Gasteiger partial charge in [0.2, 0.25) is 23.6 Å². The zero-order chi connectivity index (χ0) is 50.1. The molecule has 9 aromatic carbocycles. The van der Waals surface area contributed by atoms with Crippen LogP contribution in [0.1, 0.15) is 47.2 Å². The number of hydrogen-bond donors (Lipinski definition) is 0. The first kappa shape index (κ1) is 43.4. The van der Waals surface area contributed by atoms with Crippen LogP contribution in [0.2, 0.25) is 0 Å². The fourth-order valence-corrected chi connectivity index (χ4v) is 10.4. The van der Waals surface area contributed by atoms with Crippen LogP contribution < -0.4 is 10.0 Å². The van der Waals surface area contributed by atoms with Gasteiger partial charge in [-0.15, -0.1) is 0 Å². The summed E-state index contributed by atoms with van der Waals surface area (Å²) in [4.78, 5) is 19.0. The molecule has 2 aliphatic rings. The van der Waals surface area contributed by atoms with Crippen LogP contribution in [0.25, 0.3) is 90.2 Å². The predicted molar refractivity (Wildman–Crippen MR) is 297 cm³/mol. The highest BCUT2D eigenvalue weighted by Gasteiger charge is 2.33. The zero-order valence-corrected chi connectivity index (χ0v) is 40.6. The third-order valence-corrected chi connectivity index (χ3v) is 14.4. The van der Waals surface area contributed by atoms with Crippen molar-refractivity contribution in [2.75, 3.05) is 10.0 Å². The molecule has 0 fully saturated rings. The van der Waals surface area contributed by atoms with Crippen LogP contribution in [0.5, 0.6) is 0 Å². The van der Waals surface area contributed by atoms with Crippen molar-refractivity contribution >= 4 is 67.2 Å². The van der Waals surface area contributed by atoms with Crippen LogP contribution in [0.3, 0.4) is 0 Å². The number of rotatable bonds is 10. The van der Waals surface area contributed by atoms with Crippen molar-refractivity contribution in [3.63, 3.8) is 0 Å². The molecule has 2 atom stereocenters. The topological polar surface area (TPSA) is 135 Å². The second kappa shape index (κ2) is 17.8. The summed E-state index contributed by atoms with van der Waals surface area (Å²) < 4.78 is 24.5. The van der Waals surface area contributed by atoms with Gasteiger partial charge in [-0.05, 0) is 144 Å². The van der Waals surface area contributed by atoms with E-state index >= 15 is 0 Å². The molecule has 12 nitrogen and oxygen atoms in total. The summed E-state index contributed by atoms with van der Waals surface area (Å²) in [6.07, 6.45) is 1.37. The average molecular weight is 987 g/mol. The van der Waals surface area contributed by atoms with Crippen LogP contribution in [0.4, 0.5) is 11.4 Å². The molecule has 0 saturated carbocycles. The molecule has 0 bridgehead atoms. The highest BCUT2D eigenvalue weighted by atomic mass is 16.4. The first-order valence-electron chi connectivity index (χ1n) is 25.2. The van der Waals surface area contributed by atoms with Crippen molar-refractivity contribution in [2.45, 2.75) is 24.9 Å². The summed E-state index contributed by atoms with van der Waals surface area (Å²) in [7, 11) is 0. The maximum atomic E-state index is 6.13. The summed E-state index contributed by atoms with van der Waals surface area (Å²) in [5, 5.41) is 15.0. The molecule has 6 heterocycles. The quantitative estimate of drug-likeness (QED) is 0.130. The van der Waals surface area contributed by atoms with Gasteiger partial charge >= 0.3 is 0 Å². The number of anilines is 2. The third kappa shape index (κ3) is 7.78. The number of hydrogen-bond acceptors (Lipinski definition) is 12. The zero-order valence-electron chi connectivity index (χ0n) is 40.6. The van der Waals surface area contributed by atoms with Gasteiger partial charge in [0.1, 0.15) is 22.1 Å². The van der Waals surface area contributed by atoms with Crippen molar-refractivity contribution in [1.82, 2.24) is 19.9 Å². The van der Waals surface area contributed by atoms with Crippen molar-refractivity contribution in [3.05, 3.63) is 241 Å². The lowest BCUT2D eigenvalue weighted by Crippen LogP contribution is -2.18. The Morgan fingerprint density at radius 3 is 0.842 bits per heavy atom. The van der Waals surface area contributed by atoms with Gasteiger partial charge in [0, 0.05) is 35.1 Å². The van der Waals surface area contributed by atoms with Gasteiger partial charge in [-0.2, -0.15) is 10.2 Å². The molecule has 4 aromatic heterocycles. The van der Waals surface area contributed by atoms with E-state index in [-0.39, 0.29) is 12.1 Å². The first-order chi connectivity index (χ1) is 37.6. The van der Waals surface area contributed by atoms with E-state index < -0.39 is 0 Å². The van der Waals surface area contributed by atoms with Gasteiger partial charge < -0.3 is 17.7 Å². The summed E-state index contributed by atoms with van der Waals surface area (Å²) in [6.45, 7) is 0. The largest absolute Gasteiger partial charge is 0.436 e. The molecule has 15 rings (SSSR count). The van der Waals surface area contributed by atoms with Crippen LogP contribution in [-0.2, 0) is 0 Å². The molecular weight excluding hydrogens is 945 g/mol. The average Bonchev–Trinajstić information content (AvgIpc) is 4.37. The van der Waals surface area contributed by atoms with E-state index in [0.29, 0.717) is 36.4 Å². The first-order valence-corrected chi connectivity index (χ1v) is 25.2. The summed E-state index contributed by atoms with van der Waals surface area (Å²) in [5.74, 6) is 2.34. The van der Waals surface area contributed by atoms with E-state index in [1.165, 1.54) is 0 Å².